The summed E-state index contributed by atoms with van der Waals surface area (Å²) in [5.74, 6) is 18.5. The molecule has 13 aromatic carbocycles. The van der Waals surface area contributed by atoms with Crippen LogP contribution >= 0.6 is 134 Å². The van der Waals surface area contributed by atoms with Crippen LogP contribution in [0.25, 0.3) is 61.6 Å². The van der Waals surface area contributed by atoms with Crippen molar-refractivity contribution in [1.82, 2.24) is 5.32 Å². The molecule has 0 aliphatic rings. The molecule has 0 radical (unpaired) electrons. The first-order valence-electron chi connectivity index (χ1n) is 38.8. The van der Waals surface area contributed by atoms with Gasteiger partial charge in [-0.25, -0.2) is 31.5 Å². The van der Waals surface area contributed by atoms with Gasteiger partial charge in [0.1, 0.15) is 63.6 Å². The van der Waals surface area contributed by atoms with Gasteiger partial charge in [0.15, 0.2) is 0 Å². The summed E-state index contributed by atoms with van der Waals surface area (Å²) in [5.41, 5.74) is 9.77. The maximum Gasteiger partial charge on any atom is 0.403 e. The number of halogens is 10. The van der Waals surface area contributed by atoms with E-state index in [2.05, 4.69) is 178 Å². The number of hydrogen-bond acceptors (Lipinski definition) is 15. The molecule has 0 aliphatic heterocycles. The second-order valence-electron chi connectivity index (χ2n) is 26.8. The van der Waals surface area contributed by atoms with E-state index in [0.29, 0.717) is 22.4 Å². The van der Waals surface area contributed by atoms with Crippen LogP contribution in [-0.4, -0.2) is 81.2 Å². The van der Waals surface area contributed by atoms with Gasteiger partial charge in [0.25, 0.3) is 5.91 Å². The maximum absolute atomic E-state index is 13.1. The van der Waals surface area contributed by atoms with Crippen LogP contribution in [-0.2, 0) is 15.2 Å². The van der Waals surface area contributed by atoms with Gasteiger partial charge in [-0.05, 0) is 312 Å². The van der Waals surface area contributed by atoms with Crippen molar-refractivity contribution >= 4 is 182 Å². The lowest BCUT2D eigenvalue weighted by Gasteiger charge is -2.07. The molecule has 0 spiro atoms. The lowest BCUT2D eigenvalue weighted by atomic mass is 10.0. The number of amides is 1. The van der Waals surface area contributed by atoms with Gasteiger partial charge >= 0.3 is 11.4 Å². The number of thioether (sulfide) groups is 1. The second-order valence-corrected chi connectivity index (χ2v) is 35.2. The Kier molecular flexibility index (Phi) is 41.0. The van der Waals surface area contributed by atoms with Gasteiger partial charge in [-0.3, -0.25) is 4.79 Å². The third-order valence-corrected chi connectivity index (χ3v) is 27.7. The Morgan fingerprint density at radius 1 is 0.415 bits per heavy atom. The van der Waals surface area contributed by atoms with Crippen molar-refractivity contribution < 1.29 is 74.2 Å². The Bertz CT molecular complexity index is 6540. The molecule has 130 heavy (non-hydrogen) atoms. The van der Waals surface area contributed by atoms with E-state index in [-0.39, 0.29) is 35.0 Å². The summed E-state index contributed by atoms with van der Waals surface area (Å²) in [7, 11) is 14.0. The molecule has 0 bridgehead atoms. The number of aryl methyl sites for hydroxylation is 1. The SMILES string of the molecule is C#Cc1ccc(F)cc1.CNC(=O)c1c(-c2ccc(C)cc2)sc2ccc(OC)cc12.COC(=O)Cl.COC(=O)c1c(-c2ccc(F)cc2)sc2ccc(OC)cc12.COc1ccc(Br)c(C#Cc2ccc(F)cc2)c1.COc1ccc(Br)c(I)c1.COc1ccc(SCc2ccccc2)c(C#Cc2ccc(F)cc2)c1.COc1ccc2sc(-c3ccc(F)cc3)c(I)c2c1. The molecule has 16 aromatic rings. The Hall–Kier alpha value is -11.7. The molecule has 12 nitrogen and oxygen atoms in total. The maximum atomic E-state index is 13.1. The summed E-state index contributed by atoms with van der Waals surface area (Å²) in [6, 6.07) is 84.2. The van der Waals surface area contributed by atoms with Crippen molar-refractivity contribution in [2.45, 2.75) is 17.6 Å². The predicted molar refractivity (Wildman–Crippen MR) is 544 cm³/mol. The van der Waals surface area contributed by atoms with Gasteiger partial charge in [0, 0.05) is 113 Å². The van der Waals surface area contributed by atoms with Crippen molar-refractivity contribution in [3.8, 4) is 102 Å². The van der Waals surface area contributed by atoms with E-state index < -0.39 is 11.4 Å². The number of carbonyl (C=O) groups excluding carboxylic acids is 3. The van der Waals surface area contributed by atoms with Gasteiger partial charge in [0.05, 0.1) is 72.9 Å². The number of esters is 1. The number of ether oxygens (including phenoxy) is 8. The zero-order valence-corrected chi connectivity index (χ0v) is 82.8. The normalized spacial score (nSPS) is 10.0. The third kappa shape index (κ3) is 30.5. The lowest BCUT2D eigenvalue weighted by Crippen LogP contribution is -2.18. The Morgan fingerprint density at radius 3 is 1.22 bits per heavy atom. The Labute approximate surface area is 817 Å². The highest BCUT2D eigenvalue weighted by Crippen LogP contribution is 2.44. The zero-order chi connectivity index (χ0) is 93.8. The van der Waals surface area contributed by atoms with E-state index in [1.165, 1.54) is 116 Å². The predicted octanol–water partition coefficient (Wildman–Crippen LogP) is 29.5. The fraction of sp³-hybridized carbons (Fsp3) is 0.106. The molecular weight excluding hydrogens is 2110 g/mol. The molecule has 0 atom stereocenters. The fourth-order valence-corrected chi connectivity index (χ4v) is 18.3. The van der Waals surface area contributed by atoms with Crippen LogP contribution < -0.4 is 33.7 Å². The van der Waals surface area contributed by atoms with Crippen LogP contribution in [0.15, 0.2) is 299 Å². The van der Waals surface area contributed by atoms with Gasteiger partial charge in [-0.15, -0.1) is 52.2 Å². The van der Waals surface area contributed by atoms with Gasteiger partial charge in [0.2, 0.25) is 0 Å². The van der Waals surface area contributed by atoms with Crippen molar-refractivity contribution in [2.24, 2.45) is 0 Å². The number of thiophene rings is 3. The minimum Gasteiger partial charge on any atom is -0.497 e. The molecular formula is C104H81Br2ClF5I2NO11S4. The van der Waals surface area contributed by atoms with Crippen LogP contribution in [0.4, 0.5) is 26.7 Å². The van der Waals surface area contributed by atoms with Crippen molar-refractivity contribution in [3.05, 3.63) is 380 Å². The van der Waals surface area contributed by atoms with Crippen molar-refractivity contribution in [1.29, 1.82) is 0 Å². The van der Waals surface area contributed by atoms with Crippen LogP contribution in [0.1, 0.15) is 59.7 Å². The molecule has 662 valence electrons. The number of fused-ring (bicyclic) bond motifs is 3. The highest BCUT2D eigenvalue weighted by Gasteiger charge is 2.23. The van der Waals surface area contributed by atoms with Crippen LogP contribution in [0.5, 0.6) is 34.5 Å². The zero-order valence-electron chi connectivity index (χ0n) is 71.3. The van der Waals surface area contributed by atoms with Crippen LogP contribution in [0.3, 0.4) is 0 Å². The molecule has 0 saturated heterocycles. The molecule has 3 aromatic heterocycles. The summed E-state index contributed by atoms with van der Waals surface area (Å²) in [6.07, 6.45) is 5.03. The molecule has 0 fully saturated rings. The highest BCUT2D eigenvalue weighted by atomic mass is 127. The van der Waals surface area contributed by atoms with Gasteiger partial charge in [-0.1, -0.05) is 114 Å². The minimum absolute atomic E-state index is 0.0740. The first-order chi connectivity index (χ1) is 62.7. The topological polar surface area (TPSA) is 137 Å². The number of terminal acetylenes is 1. The largest absolute Gasteiger partial charge is 0.497 e. The molecule has 0 unspecified atom stereocenters. The van der Waals surface area contributed by atoms with E-state index in [1.807, 2.05) is 133 Å². The van der Waals surface area contributed by atoms with Gasteiger partial charge < -0.3 is 43.2 Å². The number of carbonyl (C=O) groups is 3. The van der Waals surface area contributed by atoms with Crippen LogP contribution in [0.2, 0.25) is 0 Å². The van der Waals surface area contributed by atoms with E-state index in [4.69, 9.17) is 39.6 Å². The molecule has 0 aliphatic carbocycles. The molecule has 1 N–H and O–H groups in total. The summed E-state index contributed by atoms with van der Waals surface area (Å²) < 4.78 is 112. The summed E-state index contributed by atoms with van der Waals surface area (Å²) in [4.78, 5) is 38.0. The van der Waals surface area contributed by atoms with E-state index >= 15 is 0 Å². The first kappa shape index (κ1) is 102. The Morgan fingerprint density at radius 2 is 0.777 bits per heavy atom. The summed E-state index contributed by atoms with van der Waals surface area (Å²) >= 11 is 22.6. The standard InChI is InChI=1S/C22H17FOS.C18H17NO2S.C17H13FO3S.C15H10BrFO.C15H10FIOS.C8H5F.C7H6BrIO.C2H3ClO2/c1-24-21-13-14-22(25-16-18-5-3-2-4-6-18)19(15-21)10-7-17-8-11-20(23)12-9-17;1-11-4-6-12(7-5-11)17-16(18(20)19-2)14-10-13(21-3)8-9-15(14)22-17;1-20-12-7-8-14-13(9-12)15(17(19)21-2)16(22-14)10-3-5-11(18)6-4-10;1-18-14-8-9-15(16)12(10-14)5-2-11-3-6-13(17)7-4-11;1-18-11-6-7-13-12(8-11)14(17)15(19-13)9-2-4-10(16)5-3-9;1-2-7-3-5-8(9)6-4-7;1-10-5-2-3-6(8)7(9)4-5;1-5-2(3)4/h2-6,8-9,11-15H,16H2,1H3;4-10H,1-3H3,(H,19,20);3-9H,1-2H3;3-4,6-10H,1H3;2-8H,1H3;1,3-6H;2-4H,1H3;1H3. The highest BCUT2D eigenvalue weighted by molar-refractivity contribution is 14.1. The number of nitrogens with one attached hydrogen (secondary N) is 1. The first-order valence-corrected chi connectivity index (χ1v) is 46.3. The van der Waals surface area contributed by atoms with Gasteiger partial charge in [-0.2, -0.15) is 0 Å². The van der Waals surface area contributed by atoms with E-state index in [1.54, 1.807) is 133 Å². The fourth-order valence-electron chi connectivity index (χ4n) is 11.6. The number of methoxy groups -OCH3 is 8. The molecule has 1 amide bonds. The van der Waals surface area contributed by atoms with Crippen molar-refractivity contribution in [2.75, 3.05) is 63.9 Å². The summed E-state index contributed by atoms with van der Waals surface area (Å²) in [5, 5.41) is 5.63. The number of hydrogen-bond donors (Lipinski definition) is 1. The second kappa shape index (κ2) is 52.3. The number of rotatable bonds is 14. The molecule has 26 heteroatoms. The molecule has 3 heterocycles. The van der Waals surface area contributed by atoms with E-state index in [0.717, 1.165) is 121 Å². The lowest BCUT2D eigenvalue weighted by molar-refractivity contribution is 0.0604. The molecule has 16 rings (SSSR count). The summed E-state index contributed by atoms with van der Waals surface area (Å²) in [6.45, 7) is 2.05. The monoisotopic (exact) mass is 2190 g/mol. The third-order valence-electron chi connectivity index (χ3n) is 18.3. The minimum atomic E-state index is -0.773. The van der Waals surface area contributed by atoms with E-state index in [9.17, 15) is 36.3 Å². The average Bonchev–Trinajstić information content (AvgIpc) is 1.66. The average molecular weight is 2190 g/mol. The molecule has 0 saturated carbocycles. The Balaban J connectivity index is 0.000000173. The van der Waals surface area contributed by atoms with Crippen molar-refractivity contribution in [3.63, 3.8) is 0 Å². The van der Waals surface area contributed by atoms with Crippen LogP contribution in [0, 0.1) is 79.2 Å². The smallest absolute Gasteiger partial charge is 0.403 e. The quantitative estimate of drug-likeness (QED) is 0.0277. The number of benzene rings is 13.